The molecule has 0 aliphatic rings. The standard InChI is InChI=1S/C21H19FN2O3S/c1-15-6-4-7-16(12-15)14-23-28(26,27)18-9-5-8-17(13-18)21(25)24-20-11-3-2-10-19(20)22/h2-13,23H,14H2,1H3,(H,24,25). The fourth-order valence-corrected chi connectivity index (χ4v) is 3.71. The smallest absolute Gasteiger partial charge is 0.255 e. The molecule has 7 heteroatoms. The van der Waals surface area contributed by atoms with Gasteiger partial charge in [0.2, 0.25) is 10.0 Å². The van der Waals surface area contributed by atoms with E-state index in [4.69, 9.17) is 0 Å². The molecule has 0 radical (unpaired) electrons. The molecular formula is C21H19FN2O3S. The van der Waals surface area contributed by atoms with E-state index in [1.807, 2.05) is 31.2 Å². The summed E-state index contributed by atoms with van der Waals surface area (Å²) in [6, 6.07) is 18.9. The van der Waals surface area contributed by atoms with Crippen LogP contribution >= 0.6 is 0 Å². The molecule has 0 aliphatic carbocycles. The van der Waals surface area contributed by atoms with E-state index in [1.54, 1.807) is 6.07 Å². The molecule has 28 heavy (non-hydrogen) atoms. The highest BCUT2D eigenvalue weighted by atomic mass is 32.2. The second-order valence-corrected chi connectivity index (χ2v) is 8.04. The van der Waals surface area contributed by atoms with Gasteiger partial charge in [-0.3, -0.25) is 4.79 Å². The summed E-state index contributed by atoms with van der Waals surface area (Å²) in [5.74, 6) is -1.17. The van der Waals surface area contributed by atoms with Crippen LogP contribution in [0.2, 0.25) is 0 Å². The van der Waals surface area contributed by atoms with Crippen molar-refractivity contribution < 1.29 is 17.6 Å². The molecule has 0 unspecified atom stereocenters. The van der Waals surface area contributed by atoms with Crippen molar-refractivity contribution in [3.05, 3.63) is 95.3 Å². The minimum Gasteiger partial charge on any atom is -0.319 e. The summed E-state index contributed by atoms with van der Waals surface area (Å²) in [5.41, 5.74) is 2.00. The van der Waals surface area contributed by atoms with E-state index in [0.717, 1.165) is 11.1 Å². The Kier molecular flexibility index (Phi) is 5.87. The maximum atomic E-state index is 13.7. The van der Waals surface area contributed by atoms with Crippen LogP contribution in [-0.2, 0) is 16.6 Å². The first-order valence-electron chi connectivity index (χ1n) is 8.56. The molecule has 1 amide bonds. The average Bonchev–Trinajstić information content (AvgIpc) is 2.68. The van der Waals surface area contributed by atoms with Crippen LogP contribution in [0.15, 0.2) is 77.7 Å². The van der Waals surface area contributed by atoms with Crippen molar-refractivity contribution in [1.82, 2.24) is 4.72 Å². The number of sulfonamides is 1. The molecule has 3 aromatic rings. The van der Waals surface area contributed by atoms with Gasteiger partial charge in [0.1, 0.15) is 5.82 Å². The lowest BCUT2D eigenvalue weighted by Gasteiger charge is -2.10. The molecule has 0 bridgehead atoms. The molecule has 0 heterocycles. The summed E-state index contributed by atoms with van der Waals surface area (Å²) in [4.78, 5) is 12.3. The maximum absolute atomic E-state index is 13.7. The largest absolute Gasteiger partial charge is 0.319 e. The first-order valence-corrected chi connectivity index (χ1v) is 10.0. The van der Waals surface area contributed by atoms with Crippen LogP contribution in [0, 0.1) is 12.7 Å². The molecule has 3 rings (SSSR count). The number of nitrogens with one attached hydrogen (secondary N) is 2. The lowest BCUT2D eigenvalue weighted by molar-refractivity contribution is 0.102. The Bertz CT molecular complexity index is 1110. The number of amides is 1. The number of rotatable bonds is 6. The average molecular weight is 398 g/mol. The normalized spacial score (nSPS) is 11.2. The van der Waals surface area contributed by atoms with Gasteiger partial charge in [0.25, 0.3) is 5.91 Å². The van der Waals surface area contributed by atoms with Gasteiger partial charge in [0, 0.05) is 12.1 Å². The number of carbonyl (C=O) groups excluding carboxylic acids is 1. The predicted octanol–water partition coefficient (Wildman–Crippen LogP) is 3.86. The summed E-state index contributed by atoms with van der Waals surface area (Å²) in [6.07, 6.45) is 0. The van der Waals surface area contributed by atoms with Crippen LogP contribution in [-0.4, -0.2) is 14.3 Å². The molecule has 5 nitrogen and oxygen atoms in total. The van der Waals surface area contributed by atoms with E-state index < -0.39 is 21.7 Å². The van der Waals surface area contributed by atoms with Crippen molar-refractivity contribution in [3.8, 4) is 0 Å². The molecule has 0 atom stereocenters. The molecule has 0 aromatic heterocycles. The summed E-state index contributed by atoms with van der Waals surface area (Å²) in [6.45, 7) is 2.06. The van der Waals surface area contributed by atoms with Crippen molar-refractivity contribution in [1.29, 1.82) is 0 Å². The summed E-state index contributed by atoms with van der Waals surface area (Å²) in [5, 5.41) is 2.44. The number of hydrogen-bond acceptors (Lipinski definition) is 3. The second-order valence-electron chi connectivity index (χ2n) is 6.28. The minimum atomic E-state index is -3.81. The fraction of sp³-hybridized carbons (Fsp3) is 0.0952. The van der Waals surface area contributed by atoms with Crippen molar-refractivity contribution in [2.24, 2.45) is 0 Å². The van der Waals surface area contributed by atoms with E-state index in [9.17, 15) is 17.6 Å². The molecule has 0 saturated carbocycles. The van der Waals surface area contributed by atoms with Crippen molar-refractivity contribution in [3.63, 3.8) is 0 Å². The van der Waals surface area contributed by atoms with Gasteiger partial charge in [-0.15, -0.1) is 0 Å². The fourth-order valence-electron chi connectivity index (χ4n) is 2.65. The third kappa shape index (κ3) is 4.82. The Morgan fingerprint density at radius 1 is 0.964 bits per heavy atom. The molecule has 144 valence electrons. The zero-order valence-electron chi connectivity index (χ0n) is 15.1. The quantitative estimate of drug-likeness (QED) is 0.662. The highest BCUT2D eigenvalue weighted by molar-refractivity contribution is 7.89. The minimum absolute atomic E-state index is 0.0262. The Morgan fingerprint density at radius 3 is 2.46 bits per heavy atom. The first kappa shape index (κ1) is 19.7. The highest BCUT2D eigenvalue weighted by Gasteiger charge is 2.17. The van der Waals surface area contributed by atoms with Crippen LogP contribution in [0.4, 0.5) is 10.1 Å². The second kappa shape index (κ2) is 8.33. The lowest BCUT2D eigenvalue weighted by Crippen LogP contribution is -2.24. The number of halogens is 1. The van der Waals surface area contributed by atoms with Gasteiger partial charge in [-0.05, 0) is 42.8 Å². The lowest BCUT2D eigenvalue weighted by atomic mass is 10.1. The monoisotopic (exact) mass is 398 g/mol. The molecule has 0 spiro atoms. The predicted molar refractivity (Wildman–Crippen MR) is 106 cm³/mol. The van der Waals surface area contributed by atoms with E-state index in [2.05, 4.69) is 10.0 Å². The third-order valence-corrected chi connectivity index (χ3v) is 5.48. The summed E-state index contributed by atoms with van der Waals surface area (Å²) < 4.78 is 41.4. The first-order chi connectivity index (χ1) is 13.3. The number of benzene rings is 3. The Hall–Kier alpha value is -3.03. The Balaban J connectivity index is 1.76. The molecule has 0 saturated heterocycles. The third-order valence-electron chi connectivity index (χ3n) is 4.08. The number of anilines is 1. The van der Waals surface area contributed by atoms with Gasteiger partial charge in [-0.25, -0.2) is 17.5 Å². The molecular weight excluding hydrogens is 379 g/mol. The van der Waals surface area contributed by atoms with E-state index in [0.29, 0.717) is 0 Å². The van der Waals surface area contributed by atoms with Crippen LogP contribution in [0.3, 0.4) is 0 Å². The van der Waals surface area contributed by atoms with Gasteiger partial charge < -0.3 is 5.32 Å². The van der Waals surface area contributed by atoms with E-state index >= 15 is 0 Å². The molecule has 0 fully saturated rings. The molecule has 0 aliphatic heterocycles. The maximum Gasteiger partial charge on any atom is 0.255 e. The highest BCUT2D eigenvalue weighted by Crippen LogP contribution is 2.17. The van der Waals surface area contributed by atoms with Crippen molar-refractivity contribution in [2.45, 2.75) is 18.4 Å². The van der Waals surface area contributed by atoms with Crippen LogP contribution in [0.5, 0.6) is 0 Å². The summed E-state index contributed by atoms with van der Waals surface area (Å²) in [7, 11) is -3.81. The van der Waals surface area contributed by atoms with E-state index in [1.165, 1.54) is 42.5 Å². The van der Waals surface area contributed by atoms with Gasteiger partial charge in [0.05, 0.1) is 10.6 Å². The Morgan fingerprint density at radius 2 is 1.71 bits per heavy atom. The molecule has 2 N–H and O–H groups in total. The van der Waals surface area contributed by atoms with Gasteiger partial charge >= 0.3 is 0 Å². The topological polar surface area (TPSA) is 75.3 Å². The van der Waals surface area contributed by atoms with Crippen LogP contribution in [0.1, 0.15) is 21.5 Å². The number of carbonyl (C=O) groups is 1. The zero-order chi connectivity index (χ0) is 20.1. The van der Waals surface area contributed by atoms with E-state index in [-0.39, 0.29) is 22.7 Å². The molecule has 3 aromatic carbocycles. The Labute approximate surface area is 163 Å². The van der Waals surface area contributed by atoms with Gasteiger partial charge in [-0.2, -0.15) is 0 Å². The number of aryl methyl sites for hydroxylation is 1. The SMILES string of the molecule is Cc1cccc(CNS(=O)(=O)c2cccc(C(=O)Nc3ccccc3F)c2)c1. The van der Waals surface area contributed by atoms with Crippen molar-refractivity contribution >= 4 is 21.6 Å². The number of hydrogen-bond donors (Lipinski definition) is 2. The van der Waals surface area contributed by atoms with Crippen LogP contribution in [0.25, 0.3) is 0 Å². The van der Waals surface area contributed by atoms with Crippen molar-refractivity contribution in [2.75, 3.05) is 5.32 Å². The summed E-state index contributed by atoms with van der Waals surface area (Å²) >= 11 is 0. The van der Waals surface area contributed by atoms with Crippen LogP contribution < -0.4 is 10.0 Å². The van der Waals surface area contributed by atoms with Gasteiger partial charge in [-0.1, -0.05) is 48.0 Å². The zero-order valence-corrected chi connectivity index (χ0v) is 16.0. The number of para-hydroxylation sites is 1. The van der Waals surface area contributed by atoms with Gasteiger partial charge in [0.15, 0.2) is 0 Å².